The maximum absolute atomic E-state index is 9.51. The van der Waals surface area contributed by atoms with Crippen LogP contribution in [0.5, 0.6) is 0 Å². The third kappa shape index (κ3) is 23.7. The lowest BCUT2D eigenvalue weighted by Gasteiger charge is -1.68. The number of carbonyl (C=O) groups is 2. The lowest BCUT2D eigenvalue weighted by molar-refractivity contribution is -0.132. The van der Waals surface area contributed by atoms with Crippen LogP contribution in [-0.4, -0.2) is 22.2 Å². The van der Waals surface area contributed by atoms with Gasteiger partial charge in [0.25, 0.3) is 0 Å². The van der Waals surface area contributed by atoms with E-state index in [1.165, 1.54) is 12.2 Å². The molecule has 0 aliphatic heterocycles. The van der Waals surface area contributed by atoms with Crippen LogP contribution < -0.4 is 0 Å². The van der Waals surface area contributed by atoms with Crippen molar-refractivity contribution in [3.63, 3.8) is 0 Å². The maximum atomic E-state index is 9.51. The van der Waals surface area contributed by atoms with Crippen LogP contribution in [0.25, 0.3) is 0 Å². The largest absolute Gasteiger partial charge is 0.478 e. The normalized spacial score (nSPS) is 9.50. The minimum absolute atomic E-state index is 0.891. The topological polar surface area (TPSA) is 74.6 Å². The van der Waals surface area contributed by atoms with Gasteiger partial charge in [0, 0.05) is 12.2 Å². The van der Waals surface area contributed by atoms with Gasteiger partial charge in [0.2, 0.25) is 0 Å². The third-order valence-corrected chi connectivity index (χ3v) is 0.618. The molecule has 0 spiro atoms. The zero-order valence-corrected chi connectivity index (χ0v) is 7.02. The van der Waals surface area contributed by atoms with Gasteiger partial charge in [0.05, 0.1) is 0 Å². The Labute approximate surface area is 70.8 Å². The third-order valence-electron chi connectivity index (χ3n) is 0.618. The van der Waals surface area contributed by atoms with Crippen LogP contribution >= 0.6 is 0 Å². The summed E-state index contributed by atoms with van der Waals surface area (Å²) in [6.45, 7) is 3.32. The first kappa shape index (κ1) is 13.0. The van der Waals surface area contributed by atoms with Crippen LogP contribution in [-0.2, 0) is 9.59 Å². The average Bonchev–Trinajstić information content (AvgIpc) is 1.87. The van der Waals surface area contributed by atoms with E-state index in [0.717, 1.165) is 12.2 Å². The monoisotopic (exact) mass is 172 g/mol. The van der Waals surface area contributed by atoms with Gasteiger partial charge in [0.15, 0.2) is 0 Å². The second-order valence-electron chi connectivity index (χ2n) is 1.68. The first-order chi connectivity index (χ1) is 5.54. The molecule has 0 aromatic rings. The zero-order valence-electron chi connectivity index (χ0n) is 7.02. The Hall–Kier alpha value is -1.58. The summed E-state index contributed by atoms with van der Waals surface area (Å²) in [7, 11) is 0. The fraction of sp³-hybridized carbons (Fsp3) is 0.250. The smallest absolute Gasteiger partial charge is 0.327 e. The molecule has 0 amide bonds. The molecule has 0 aliphatic rings. The molecule has 12 heavy (non-hydrogen) atoms. The summed E-state index contributed by atoms with van der Waals surface area (Å²) in [5.41, 5.74) is 0. The molecule has 0 fully saturated rings. The van der Waals surface area contributed by atoms with Gasteiger partial charge < -0.3 is 10.2 Å². The van der Waals surface area contributed by atoms with Gasteiger partial charge >= 0.3 is 11.9 Å². The van der Waals surface area contributed by atoms with E-state index >= 15 is 0 Å². The van der Waals surface area contributed by atoms with E-state index in [-0.39, 0.29) is 0 Å². The van der Waals surface area contributed by atoms with E-state index in [4.69, 9.17) is 10.2 Å². The maximum Gasteiger partial charge on any atom is 0.327 e. The summed E-state index contributed by atoms with van der Waals surface area (Å²) in [6.07, 6.45) is 5.12. The molecule has 0 bridgehead atoms. The van der Waals surface area contributed by atoms with E-state index < -0.39 is 11.9 Å². The van der Waals surface area contributed by atoms with Crippen molar-refractivity contribution in [2.75, 3.05) is 0 Å². The number of carboxylic acid groups (broad SMARTS) is 2. The summed E-state index contributed by atoms with van der Waals surface area (Å²) < 4.78 is 0. The second-order valence-corrected chi connectivity index (χ2v) is 1.68. The van der Waals surface area contributed by atoms with Crippen molar-refractivity contribution in [2.24, 2.45) is 0 Å². The summed E-state index contributed by atoms with van der Waals surface area (Å²) in [5, 5.41) is 15.7. The molecule has 0 unspecified atom stereocenters. The minimum Gasteiger partial charge on any atom is -0.478 e. The van der Waals surface area contributed by atoms with Crippen molar-refractivity contribution in [1.29, 1.82) is 0 Å². The van der Waals surface area contributed by atoms with Crippen molar-refractivity contribution < 1.29 is 19.8 Å². The number of hydrogen-bond acceptors (Lipinski definition) is 2. The predicted molar refractivity (Wildman–Crippen MR) is 44.9 cm³/mol. The Morgan fingerprint density at radius 3 is 1.17 bits per heavy atom. The zero-order chi connectivity index (χ0) is 9.98. The first-order valence-corrected chi connectivity index (χ1v) is 3.25. The second kappa shape index (κ2) is 9.42. The van der Waals surface area contributed by atoms with E-state index in [9.17, 15) is 9.59 Å². The number of rotatable bonds is 2. The average molecular weight is 172 g/mol. The molecule has 0 heterocycles. The predicted octanol–water partition coefficient (Wildman–Crippen LogP) is 1.29. The SMILES string of the molecule is C/C=C/C(=O)O.CC=CC(=O)O. The highest BCUT2D eigenvalue weighted by molar-refractivity contribution is 5.79. The Bertz CT molecular complexity index is 169. The minimum atomic E-state index is -0.891. The van der Waals surface area contributed by atoms with Crippen LogP contribution in [0, 0.1) is 0 Å². The molecular formula is C8H12O4. The van der Waals surface area contributed by atoms with Gasteiger partial charge in [-0.3, -0.25) is 0 Å². The summed E-state index contributed by atoms with van der Waals surface area (Å²) >= 11 is 0. The molecule has 0 saturated carbocycles. The standard InChI is InChI=1S/2C4H6O2/c2*1-2-3-4(5)6/h2*2-3H,1H3,(H,5,6)/b3-2+;. The number of aliphatic carboxylic acids is 2. The van der Waals surface area contributed by atoms with Crippen molar-refractivity contribution in [2.45, 2.75) is 13.8 Å². The molecule has 0 atom stereocenters. The molecule has 4 heteroatoms. The molecule has 4 nitrogen and oxygen atoms in total. The van der Waals surface area contributed by atoms with Gasteiger partial charge in [-0.1, -0.05) is 12.2 Å². The summed E-state index contributed by atoms with van der Waals surface area (Å²) in [6, 6.07) is 0. The quantitative estimate of drug-likeness (QED) is 0.615. The molecule has 0 rings (SSSR count). The van der Waals surface area contributed by atoms with Crippen LogP contribution in [0.3, 0.4) is 0 Å². The number of hydrogen-bond donors (Lipinski definition) is 2. The van der Waals surface area contributed by atoms with Gasteiger partial charge in [0.1, 0.15) is 0 Å². The Morgan fingerprint density at radius 1 is 0.917 bits per heavy atom. The Balaban J connectivity index is 0. The van der Waals surface area contributed by atoms with Gasteiger partial charge in [-0.05, 0) is 13.8 Å². The van der Waals surface area contributed by atoms with Gasteiger partial charge in [-0.2, -0.15) is 0 Å². The molecule has 2 N–H and O–H groups in total. The number of carboxylic acids is 2. The van der Waals surface area contributed by atoms with Crippen LogP contribution in [0.4, 0.5) is 0 Å². The van der Waals surface area contributed by atoms with Crippen molar-refractivity contribution in [3.05, 3.63) is 24.3 Å². The highest BCUT2D eigenvalue weighted by atomic mass is 16.4. The molecule has 0 radical (unpaired) electrons. The van der Waals surface area contributed by atoms with Gasteiger partial charge in [-0.15, -0.1) is 0 Å². The fourth-order valence-corrected chi connectivity index (χ4v) is 0.285. The summed E-state index contributed by atoms with van der Waals surface area (Å²) in [5.74, 6) is -1.78. The molecule has 0 aromatic heterocycles. The highest BCUT2D eigenvalue weighted by Crippen LogP contribution is 1.65. The van der Waals surface area contributed by atoms with E-state index in [0.29, 0.717) is 0 Å². The van der Waals surface area contributed by atoms with Crippen LogP contribution in [0.1, 0.15) is 13.8 Å². The van der Waals surface area contributed by atoms with Crippen LogP contribution in [0.15, 0.2) is 24.3 Å². The lowest BCUT2D eigenvalue weighted by atomic mass is 10.5. The van der Waals surface area contributed by atoms with E-state index in [1.807, 2.05) is 0 Å². The van der Waals surface area contributed by atoms with E-state index in [2.05, 4.69) is 0 Å². The molecule has 68 valence electrons. The molecule has 0 aromatic carbocycles. The van der Waals surface area contributed by atoms with Crippen molar-refractivity contribution in [1.82, 2.24) is 0 Å². The van der Waals surface area contributed by atoms with Crippen LogP contribution in [0.2, 0.25) is 0 Å². The molecular weight excluding hydrogens is 160 g/mol. The highest BCUT2D eigenvalue weighted by Gasteiger charge is 1.77. The fourth-order valence-electron chi connectivity index (χ4n) is 0.285. The van der Waals surface area contributed by atoms with Gasteiger partial charge in [-0.25, -0.2) is 9.59 Å². The molecule has 0 aliphatic carbocycles. The summed E-state index contributed by atoms with van der Waals surface area (Å²) in [4.78, 5) is 19.0. The van der Waals surface area contributed by atoms with Crippen molar-refractivity contribution >= 4 is 11.9 Å². The van der Waals surface area contributed by atoms with Crippen molar-refractivity contribution in [3.8, 4) is 0 Å². The Kier molecular flexibility index (Phi) is 10.2. The first-order valence-electron chi connectivity index (χ1n) is 3.25. The lowest BCUT2D eigenvalue weighted by Crippen LogP contribution is -1.83. The molecule has 0 saturated heterocycles. The van der Waals surface area contributed by atoms with E-state index in [1.54, 1.807) is 13.8 Å². The number of allylic oxidation sites excluding steroid dienone is 2. The Morgan fingerprint density at radius 2 is 1.17 bits per heavy atom.